The van der Waals surface area contributed by atoms with Crippen molar-refractivity contribution in [3.05, 3.63) is 71.0 Å². The Bertz CT molecular complexity index is 1060. The Morgan fingerprint density at radius 3 is 2.50 bits per heavy atom. The molecule has 2 fully saturated rings. The number of aliphatic hydroxyl groups is 1. The normalized spacial score (nSPS) is 23.3. The van der Waals surface area contributed by atoms with Crippen molar-refractivity contribution in [2.24, 2.45) is 0 Å². The summed E-state index contributed by atoms with van der Waals surface area (Å²) in [4.78, 5) is 25.2. The summed E-state index contributed by atoms with van der Waals surface area (Å²) in [5.41, 5.74) is 1.80. The molecule has 0 amide bonds. The third kappa shape index (κ3) is 4.04. The molecule has 2 aliphatic carbocycles. The van der Waals surface area contributed by atoms with Crippen LogP contribution in [0.1, 0.15) is 37.2 Å². The van der Waals surface area contributed by atoms with E-state index in [9.17, 15) is 9.90 Å². The van der Waals surface area contributed by atoms with E-state index in [2.05, 4.69) is 25.6 Å². The van der Waals surface area contributed by atoms with Crippen molar-refractivity contribution in [2.75, 3.05) is 10.6 Å². The second-order valence-corrected chi connectivity index (χ2v) is 8.06. The van der Waals surface area contributed by atoms with E-state index in [1.807, 2.05) is 24.5 Å². The van der Waals surface area contributed by atoms with Crippen LogP contribution in [-0.2, 0) is 0 Å². The first-order valence-corrected chi connectivity index (χ1v) is 10.3. The van der Waals surface area contributed by atoms with Gasteiger partial charge in [0.05, 0.1) is 24.0 Å². The average Bonchev–Trinajstić information content (AvgIpc) is 3.55. The minimum Gasteiger partial charge on any atom is -0.391 e. The van der Waals surface area contributed by atoms with Gasteiger partial charge in [0.15, 0.2) is 0 Å². The van der Waals surface area contributed by atoms with Gasteiger partial charge in [-0.15, -0.1) is 0 Å². The van der Waals surface area contributed by atoms with Crippen molar-refractivity contribution >= 4 is 11.8 Å². The smallest absolute Gasteiger partial charge is 0.255 e. The van der Waals surface area contributed by atoms with Gasteiger partial charge in [0.2, 0.25) is 5.95 Å². The van der Waals surface area contributed by atoms with Crippen LogP contribution in [0.5, 0.6) is 0 Å². The molecule has 2 aliphatic rings. The molecule has 0 unspecified atom stereocenters. The molecule has 0 aliphatic heterocycles. The van der Waals surface area contributed by atoms with Crippen LogP contribution < -0.4 is 16.2 Å². The van der Waals surface area contributed by atoms with Crippen LogP contribution in [0.25, 0.3) is 5.69 Å². The molecule has 0 spiro atoms. The van der Waals surface area contributed by atoms with Gasteiger partial charge < -0.3 is 15.7 Å². The zero-order chi connectivity index (χ0) is 20.5. The lowest BCUT2D eigenvalue weighted by Crippen LogP contribution is -2.28. The molecule has 3 N–H and O–H groups in total. The van der Waals surface area contributed by atoms with E-state index in [1.165, 1.54) is 29.0 Å². The van der Waals surface area contributed by atoms with E-state index >= 15 is 0 Å². The van der Waals surface area contributed by atoms with Crippen molar-refractivity contribution < 1.29 is 5.11 Å². The van der Waals surface area contributed by atoms with Gasteiger partial charge in [-0.05, 0) is 55.4 Å². The minimum absolute atomic E-state index is 0.0893. The van der Waals surface area contributed by atoms with E-state index < -0.39 is 6.10 Å². The van der Waals surface area contributed by atoms with Crippen molar-refractivity contribution in [3.8, 4) is 5.69 Å². The first-order valence-electron chi connectivity index (χ1n) is 10.3. The van der Waals surface area contributed by atoms with E-state index in [1.54, 1.807) is 24.5 Å². The van der Waals surface area contributed by atoms with E-state index in [0.717, 1.165) is 6.42 Å². The summed E-state index contributed by atoms with van der Waals surface area (Å²) in [6, 6.07) is 8.65. The first-order chi connectivity index (χ1) is 14.7. The molecule has 8 nitrogen and oxygen atoms in total. The Kier molecular flexibility index (Phi) is 4.92. The van der Waals surface area contributed by atoms with Gasteiger partial charge >= 0.3 is 0 Å². The third-order valence-electron chi connectivity index (χ3n) is 5.76. The zero-order valence-corrected chi connectivity index (χ0v) is 16.5. The summed E-state index contributed by atoms with van der Waals surface area (Å²) in [6.45, 7) is 0. The molecule has 0 aromatic carbocycles. The average molecular weight is 404 g/mol. The van der Waals surface area contributed by atoms with Gasteiger partial charge in [-0.2, -0.15) is 0 Å². The lowest BCUT2D eigenvalue weighted by molar-refractivity contribution is 0.171. The van der Waals surface area contributed by atoms with Gasteiger partial charge in [-0.3, -0.25) is 9.36 Å². The highest BCUT2D eigenvalue weighted by atomic mass is 16.3. The summed E-state index contributed by atoms with van der Waals surface area (Å²) >= 11 is 0. The van der Waals surface area contributed by atoms with Gasteiger partial charge in [-0.1, -0.05) is 6.07 Å². The first kappa shape index (κ1) is 18.7. The van der Waals surface area contributed by atoms with Gasteiger partial charge in [0.1, 0.15) is 5.82 Å². The molecule has 3 heterocycles. The molecule has 3 aromatic heterocycles. The van der Waals surface area contributed by atoms with E-state index in [0.29, 0.717) is 29.8 Å². The van der Waals surface area contributed by atoms with Crippen LogP contribution in [-0.4, -0.2) is 42.8 Å². The molecule has 2 saturated carbocycles. The fourth-order valence-electron chi connectivity index (χ4n) is 3.96. The van der Waals surface area contributed by atoms with Gasteiger partial charge in [-0.25, -0.2) is 15.0 Å². The highest BCUT2D eigenvalue weighted by Gasteiger charge is 2.33. The molecule has 0 saturated heterocycles. The zero-order valence-electron chi connectivity index (χ0n) is 16.5. The van der Waals surface area contributed by atoms with Crippen LogP contribution in [0.3, 0.4) is 0 Å². The molecule has 0 radical (unpaired) electrons. The Hall–Kier alpha value is -3.26. The third-order valence-corrected chi connectivity index (χ3v) is 5.76. The van der Waals surface area contributed by atoms with Crippen LogP contribution in [0.4, 0.5) is 11.8 Å². The van der Waals surface area contributed by atoms with E-state index in [-0.39, 0.29) is 17.6 Å². The molecule has 3 aromatic rings. The number of aromatic nitrogens is 4. The van der Waals surface area contributed by atoms with Crippen LogP contribution in [0.2, 0.25) is 0 Å². The molecule has 3 atom stereocenters. The van der Waals surface area contributed by atoms with Crippen LogP contribution >= 0.6 is 0 Å². The number of pyridine rings is 2. The molecule has 5 rings (SSSR count). The quantitative estimate of drug-likeness (QED) is 0.579. The van der Waals surface area contributed by atoms with Crippen LogP contribution in [0, 0.1) is 0 Å². The second kappa shape index (κ2) is 7.87. The van der Waals surface area contributed by atoms with Crippen molar-refractivity contribution in [1.82, 2.24) is 19.5 Å². The second-order valence-electron chi connectivity index (χ2n) is 8.06. The standard InChI is InChI=1S/C22H24N6O2/c29-19-10-16(26-22-24-11-15(12-25-22)14-4-5-14)9-18(19)27-20-7-6-17(13-23-20)28-8-2-1-3-21(28)30/h1-3,6-8,11-14,16,18-19,29H,4-5,9-10H2,(H,23,27)(H,24,25,26)/t16-,18+,19-/m1/s1. The highest BCUT2D eigenvalue weighted by molar-refractivity contribution is 5.42. The van der Waals surface area contributed by atoms with Crippen molar-refractivity contribution in [1.29, 1.82) is 0 Å². The lowest BCUT2D eigenvalue weighted by Gasteiger charge is -2.17. The fourth-order valence-corrected chi connectivity index (χ4v) is 3.96. The molecule has 8 heteroatoms. The number of nitrogens with one attached hydrogen (secondary N) is 2. The summed E-state index contributed by atoms with van der Waals surface area (Å²) in [7, 11) is 0. The fraction of sp³-hybridized carbons (Fsp3) is 0.364. The number of rotatable bonds is 6. The Balaban J connectivity index is 1.20. The number of anilines is 2. The Morgan fingerprint density at radius 1 is 0.967 bits per heavy atom. The topological polar surface area (TPSA) is 105 Å². The molecule has 0 bridgehead atoms. The van der Waals surface area contributed by atoms with Crippen LogP contribution in [0.15, 0.2) is 59.9 Å². The SMILES string of the molecule is O=c1ccccn1-c1ccc(N[C@H]2C[C@@H](Nc3ncc(C4CC4)cn3)C[C@H]2O)nc1. The van der Waals surface area contributed by atoms with Gasteiger partial charge in [0.25, 0.3) is 5.56 Å². The van der Waals surface area contributed by atoms with E-state index in [4.69, 9.17) is 0 Å². The van der Waals surface area contributed by atoms with Gasteiger partial charge in [0, 0.05) is 30.7 Å². The highest BCUT2D eigenvalue weighted by Crippen LogP contribution is 2.39. The predicted octanol–water partition coefficient (Wildman–Crippen LogP) is 2.32. The Morgan fingerprint density at radius 2 is 1.80 bits per heavy atom. The molecular formula is C22H24N6O2. The Labute approximate surface area is 174 Å². The summed E-state index contributed by atoms with van der Waals surface area (Å²) in [5.74, 6) is 1.91. The number of hydrogen-bond acceptors (Lipinski definition) is 7. The molecule has 154 valence electrons. The monoisotopic (exact) mass is 404 g/mol. The van der Waals surface area contributed by atoms with Crippen molar-refractivity contribution in [2.45, 2.75) is 49.8 Å². The maximum atomic E-state index is 11.9. The molecular weight excluding hydrogens is 380 g/mol. The van der Waals surface area contributed by atoms with Crippen molar-refractivity contribution in [3.63, 3.8) is 0 Å². The minimum atomic E-state index is -0.494. The predicted molar refractivity (Wildman–Crippen MR) is 114 cm³/mol. The number of aliphatic hydroxyl groups excluding tert-OH is 1. The summed E-state index contributed by atoms with van der Waals surface area (Å²) < 4.78 is 1.54. The number of nitrogens with zero attached hydrogens (tertiary/aromatic N) is 4. The summed E-state index contributed by atoms with van der Waals surface area (Å²) in [6.07, 6.45) is 10.5. The maximum absolute atomic E-state index is 11.9. The molecule has 30 heavy (non-hydrogen) atoms. The maximum Gasteiger partial charge on any atom is 0.255 e. The lowest BCUT2D eigenvalue weighted by atomic mass is 10.2. The number of hydrogen-bond donors (Lipinski definition) is 3. The largest absolute Gasteiger partial charge is 0.391 e. The summed E-state index contributed by atoms with van der Waals surface area (Å²) in [5, 5.41) is 17.1.